The van der Waals surface area contributed by atoms with Gasteiger partial charge in [0.25, 0.3) is 5.91 Å². The summed E-state index contributed by atoms with van der Waals surface area (Å²) in [5.41, 5.74) is -2.04. The number of phenolic OH excluding ortho intramolecular Hbond substituents is 1. The molecule has 0 saturated heterocycles. The van der Waals surface area contributed by atoms with Gasteiger partial charge in [0.05, 0.1) is 5.69 Å². The highest BCUT2D eigenvalue weighted by Crippen LogP contribution is 2.50. The van der Waals surface area contributed by atoms with Crippen LogP contribution in [-0.4, -0.2) is 35.9 Å². The predicted molar refractivity (Wildman–Crippen MR) is 66.5 cm³/mol. The number of hydrogen-bond acceptors (Lipinski definition) is 4. The number of fused-ring (bicyclic) bond motifs is 1. The topological polar surface area (TPSA) is 70.0 Å². The monoisotopic (exact) mass is 251 g/mol. The molecule has 1 aliphatic rings. The number of rotatable bonds is 2. The molecule has 1 aromatic carbocycles. The lowest BCUT2D eigenvalue weighted by Crippen LogP contribution is -2.55. The van der Waals surface area contributed by atoms with Crippen LogP contribution in [0.1, 0.15) is 19.4 Å². The third kappa shape index (κ3) is 1.31. The van der Waals surface area contributed by atoms with E-state index >= 15 is 0 Å². The number of aliphatic hydroxyl groups is 1. The zero-order valence-corrected chi connectivity index (χ0v) is 10.9. The Morgan fingerprint density at radius 1 is 1.39 bits per heavy atom. The Hall–Kier alpha value is -1.59. The molecule has 5 heteroatoms. The molecule has 1 heterocycles. The van der Waals surface area contributed by atoms with Crippen LogP contribution in [0.5, 0.6) is 5.75 Å². The van der Waals surface area contributed by atoms with Gasteiger partial charge in [0, 0.05) is 19.7 Å². The number of carbonyl (C=O) groups is 1. The summed E-state index contributed by atoms with van der Waals surface area (Å²) in [6.07, 6.45) is 0. The normalized spacial score (nSPS) is 23.4. The van der Waals surface area contributed by atoms with E-state index in [2.05, 4.69) is 0 Å². The van der Waals surface area contributed by atoms with Gasteiger partial charge in [0.15, 0.2) is 0 Å². The van der Waals surface area contributed by atoms with Crippen molar-refractivity contribution in [3.05, 3.63) is 23.8 Å². The van der Waals surface area contributed by atoms with Crippen LogP contribution in [0.3, 0.4) is 0 Å². The molecule has 0 radical (unpaired) electrons. The first-order chi connectivity index (χ1) is 8.27. The first-order valence-electron chi connectivity index (χ1n) is 5.65. The van der Waals surface area contributed by atoms with E-state index in [-0.39, 0.29) is 5.75 Å². The van der Waals surface area contributed by atoms with Crippen molar-refractivity contribution in [2.75, 3.05) is 19.1 Å². The molecule has 2 rings (SSSR count). The number of amides is 1. The highest BCUT2D eigenvalue weighted by Gasteiger charge is 2.60. The van der Waals surface area contributed by atoms with Crippen LogP contribution in [0, 0.1) is 0 Å². The van der Waals surface area contributed by atoms with Gasteiger partial charge in [-0.25, -0.2) is 0 Å². The van der Waals surface area contributed by atoms with E-state index in [4.69, 9.17) is 4.74 Å². The van der Waals surface area contributed by atoms with E-state index in [1.807, 2.05) is 0 Å². The van der Waals surface area contributed by atoms with E-state index in [1.165, 1.54) is 31.9 Å². The van der Waals surface area contributed by atoms with Crippen LogP contribution in [0.4, 0.5) is 5.69 Å². The van der Waals surface area contributed by atoms with Crippen molar-refractivity contribution >= 4 is 11.6 Å². The standard InChI is InChI=1S/C13H17NO4/c1-12(2,17)13(18-4)8-6-5-7-9(15)10(8)14(3)11(13)16/h5-7,15,17H,1-4H3. The van der Waals surface area contributed by atoms with Crippen LogP contribution in [0.15, 0.2) is 18.2 Å². The van der Waals surface area contributed by atoms with Crippen molar-refractivity contribution in [3.8, 4) is 5.75 Å². The van der Waals surface area contributed by atoms with E-state index < -0.39 is 17.1 Å². The molecule has 18 heavy (non-hydrogen) atoms. The van der Waals surface area contributed by atoms with Gasteiger partial charge in [-0.05, 0) is 19.9 Å². The van der Waals surface area contributed by atoms with Crippen molar-refractivity contribution in [2.45, 2.75) is 25.0 Å². The van der Waals surface area contributed by atoms with Gasteiger partial charge in [-0.2, -0.15) is 0 Å². The summed E-state index contributed by atoms with van der Waals surface area (Å²) in [6.45, 7) is 3.03. The highest BCUT2D eigenvalue weighted by atomic mass is 16.5. The van der Waals surface area contributed by atoms with E-state index in [0.717, 1.165) is 0 Å². The minimum absolute atomic E-state index is 0.00785. The van der Waals surface area contributed by atoms with Gasteiger partial charge >= 0.3 is 0 Å². The number of anilines is 1. The van der Waals surface area contributed by atoms with Crippen molar-refractivity contribution in [1.29, 1.82) is 0 Å². The number of likely N-dealkylation sites (N-methyl/N-ethyl adjacent to an activating group) is 1. The number of benzene rings is 1. The fraction of sp³-hybridized carbons (Fsp3) is 0.462. The maximum atomic E-state index is 12.4. The SMILES string of the molecule is COC1(C(C)(C)O)C(=O)N(C)c2c(O)cccc21. The highest BCUT2D eigenvalue weighted by molar-refractivity contribution is 6.08. The number of ether oxygens (including phenoxy) is 1. The molecule has 5 nitrogen and oxygen atoms in total. The van der Waals surface area contributed by atoms with E-state index in [1.54, 1.807) is 19.2 Å². The minimum atomic E-state index is -1.49. The van der Waals surface area contributed by atoms with Crippen molar-refractivity contribution < 1.29 is 19.7 Å². The molecule has 0 bridgehead atoms. The van der Waals surface area contributed by atoms with Crippen molar-refractivity contribution in [1.82, 2.24) is 0 Å². The molecule has 1 amide bonds. The summed E-state index contributed by atoms with van der Waals surface area (Å²) >= 11 is 0. The molecule has 0 aromatic heterocycles. The van der Waals surface area contributed by atoms with E-state index in [0.29, 0.717) is 11.3 Å². The van der Waals surface area contributed by atoms with E-state index in [9.17, 15) is 15.0 Å². The fourth-order valence-electron chi connectivity index (χ4n) is 2.66. The molecule has 1 aliphatic heterocycles. The number of carbonyl (C=O) groups excluding carboxylic acids is 1. The number of hydrogen-bond donors (Lipinski definition) is 2. The van der Waals surface area contributed by atoms with Gasteiger partial charge in [0.1, 0.15) is 11.4 Å². The quantitative estimate of drug-likeness (QED) is 0.822. The van der Waals surface area contributed by atoms with Crippen LogP contribution in [0.2, 0.25) is 0 Å². The first kappa shape index (κ1) is 12.9. The summed E-state index contributed by atoms with van der Waals surface area (Å²) in [4.78, 5) is 13.8. The molecule has 1 unspecified atom stereocenters. The Morgan fingerprint density at radius 2 is 2.00 bits per heavy atom. The van der Waals surface area contributed by atoms with Crippen molar-refractivity contribution in [2.24, 2.45) is 0 Å². The molecule has 0 aliphatic carbocycles. The average molecular weight is 251 g/mol. The molecule has 1 aromatic rings. The zero-order chi connectivity index (χ0) is 13.7. The lowest BCUT2D eigenvalue weighted by molar-refractivity contribution is -0.174. The maximum Gasteiger partial charge on any atom is 0.266 e. The van der Waals surface area contributed by atoms with Crippen LogP contribution < -0.4 is 4.90 Å². The first-order valence-corrected chi connectivity index (χ1v) is 5.65. The molecular weight excluding hydrogens is 234 g/mol. The van der Waals surface area contributed by atoms with Gasteiger partial charge < -0.3 is 19.8 Å². The molecule has 98 valence electrons. The van der Waals surface area contributed by atoms with Gasteiger partial charge in [0.2, 0.25) is 5.60 Å². The lowest BCUT2D eigenvalue weighted by atomic mass is 9.80. The zero-order valence-electron chi connectivity index (χ0n) is 10.9. The van der Waals surface area contributed by atoms with Crippen LogP contribution in [0.25, 0.3) is 0 Å². The number of aromatic hydroxyl groups is 1. The average Bonchev–Trinajstić information content (AvgIpc) is 2.50. The van der Waals surface area contributed by atoms with Gasteiger partial charge in [-0.3, -0.25) is 4.79 Å². The summed E-state index contributed by atoms with van der Waals surface area (Å²) in [5, 5.41) is 20.2. The molecule has 0 saturated carbocycles. The second kappa shape index (κ2) is 3.70. The maximum absolute atomic E-state index is 12.4. The largest absolute Gasteiger partial charge is 0.506 e. The van der Waals surface area contributed by atoms with Crippen molar-refractivity contribution in [3.63, 3.8) is 0 Å². The van der Waals surface area contributed by atoms with Gasteiger partial charge in [-0.1, -0.05) is 12.1 Å². The lowest BCUT2D eigenvalue weighted by Gasteiger charge is -2.37. The molecular formula is C13H17NO4. The second-order valence-electron chi connectivity index (χ2n) is 4.98. The Bertz CT molecular complexity index is 506. The summed E-state index contributed by atoms with van der Waals surface area (Å²) in [7, 11) is 2.93. The summed E-state index contributed by atoms with van der Waals surface area (Å²) in [6, 6.07) is 4.80. The second-order valence-corrected chi connectivity index (χ2v) is 4.98. The number of methoxy groups -OCH3 is 1. The molecule has 0 spiro atoms. The smallest absolute Gasteiger partial charge is 0.266 e. The van der Waals surface area contributed by atoms with Crippen LogP contribution >= 0.6 is 0 Å². The number of nitrogens with zero attached hydrogens (tertiary/aromatic N) is 1. The Labute approximate surface area is 106 Å². The molecule has 1 atom stereocenters. The third-order valence-corrected chi connectivity index (χ3v) is 3.50. The molecule has 2 N–H and O–H groups in total. The number of para-hydroxylation sites is 1. The minimum Gasteiger partial charge on any atom is -0.506 e. The predicted octanol–water partition coefficient (Wildman–Crippen LogP) is 0.981. The Morgan fingerprint density at radius 3 is 2.50 bits per heavy atom. The molecule has 0 fully saturated rings. The van der Waals surface area contributed by atoms with Gasteiger partial charge in [-0.15, -0.1) is 0 Å². The Kier molecular flexibility index (Phi) is 2.64. The fourth-order valence-corrected chi connectivity index (χ4v) is 2.66. The summed E-state index contributed by atoms with van der Waals surface area (Å²) in [5.74, 6) is -0.402. The Balaban J connectivity index is 2.80. The van der Waals surface area contributed by atoms with Crippen LogP contribution in [-0.2, 0) is 15.1 Å². The summed E-state index contributed by atoms with van der Waals surface area (Å²) < 4.78 is 5.38. The number of phenols is 1. The third-order valence-electron chi connectivity index (χ3n) is 3.50.